The van der Waals surface area contributed by atoms with Crippen LogP contribution in [-0.2, 0) is 17.8 Å². The monoisotopic (exact) mass is 403 g/mol. The number of ether oxygens (including phenoxy) is 1. The lowest BCUT2D eigenvalue weighted by atomic mass is 9.95. The molecule has 1 unspecified atom stereocenters. The number of amides is 1. The van der Waals surface area contributed by atoms with Gasteiger partial charge in [0, 0.05) is 31.6 Å². The zero-order chi connectivity index (χ0) is 20.5. The molecule has 1 saturated heterocycles. The van der Waals surface area contributed by atoms with Gasteiger partial charge in [0.15, 0.2) is 0 Å². The molecule has 2 aromatic carbocycles. The molecule has 0 aliphatic carbocycles. The van der Waals surface area contributed by atoms with Crippen molar-refractivity contribution in [2.45, 2.75) is 13.0 Å². The maximum Gasteiger partial charge on any atom is 0.229 e. The fourth-order valence-electron chi connectivity index (χ4n) is 4.29. The first-order valence-corrected chi connectivity index (χ1v) is 10.4. The van der Waals surface area contributed by atoms with Crippen molar-refractivity contribution in [3.05, 3.63) is 59.9 Å². The first-order valence-electron chi connectivity index (χ1n) is 10.4. The van der Waals surface area contributed by atoms with Crippen molar-refractivity contribution in [3.63, 3.8) is 0 Å². The minimum Gasteiger partial charge on any atom is -0.492 e. The van der Waals surface area contributed by atoms with Crippen LogP contribution in [0, 0.1) is 5.92 Å². The van der Waals surface area contributed by atoms with E-state index < -0.39 is 0 Å². The Morgan fingerprint density at radius 3 is 2.67 bits per heavy atom. The first kappa shape index (κ1) is 18.8. The summed E-state index contributed by atoms with van der Waals surface area (Å²) in [5, 5.41) is 0.882. The molecule has 0 spiro atoms. The lowest BCUT2D eigenvalue weighted by Gasteiger charge is -2.37. The third-order valence-electron chi connectivity index (χ3n) is 5.96. The Morgan fingerprint density at radius 1 is 1.03 bits per heavy atom. The Balaban J connectivity index is 1.19. The lowest BCUT2D eigenvalue weighted by Crippen LogP contribution is -2.51. The van der Waals surface area contributed by atoms with Gasteiger partial charge in [-0.2, -0.15) is 0 Å². The Bertz CT molecular complexity index is 1080. The van der Waals surface area contributed by atoms with Crippen LogP contribution in [-0.4, -0.2) is 58.5 Å². The van der Waals surface area contributed by atoms with Gasteiger partial charge >= 0.3 is 0 Å². The number of hydrogen-bond acceptors (Lipinski definition) is 6. The summed E-state index contributed by atoms with van der Waals surface area (Å²) < 4.78 is 5.81. The molecule has 1 aromatic heterocycles. The molecule has 1 fully saturated rings. The molecular weight excluding hydrogens is 378 g/mol. The van der Waals surface area contributed by atoms with Crippen LogP contribution in [0.2, 0.25) is 0 Å². The van der Waals surface area contributed by atoms with Crippen molar-refractivity contribution in [1.29, 1.82) is 0 Å². The molecule has 2 N–H and O–H groups in total. The van der Waals surface area contributed by atoms with Gasteiger partial charge < -0.3 is 15.4 Å². The van der Waals surface area contributed by atoms with Crippen molar-refractivity contribution in [2.75, 3.05) is 38.5 Å². The minimum absolute atomic E-state index is 0.102. The van der Waals surface area contributed by atoms with Crippen LogP contribution in [0.3, 0.4) is 0 Å². The molecule has 7 nitrogen and oxygen atoms in total. The van der Waals surface area contributed by atoms with Gasteiger partial charge in [-0.1, -0.05) is 30.3 Å². The second kappa shape index (κ2) is 7.91. The molecule has 5 rings (SSSR count). The predicted octanol–water partition coefficient (Wildman–Crippen LogP) is 2.11. The highest BCUT2D eigenvalue weighted by atomic mass is 16.5. The molecule has 7 heteroatoms. The van der Waals surface area contributed by atoms with Gasteiger partial charge in [0.2, 0.25) is 5.91 Å². The molecule has 2 aliphatic rings. The van der Waals surface area contributed by atoms with Gasteiger partial charge in [0.05, 0.1) is 18.0 Å². The summed E-state index contributed by atoms with van der Waals surface area (Å²) in [5.41, 5.74) is 8.09. The maximum atomic E-state index is 13.0. The fraction of sp³-hybridized carbons (Fsp3) is 0.348. The standard InChI is InChI=1S/C23H25N5O2/c24-22-18-6-2-3-7-19(18)25-21(26-22)14-27-9-11-28(12-10-27)23(29)17-13-16-5-1-4-8-20(16)30-15-17/h1-8,17H,9-15H2,(H2,24,25,26). The van der Waals surface area contributed by atoms with Crippen LogP contribution in [0.1, 0.15) is 11.4 Å². The van der Waals surface area contributed by atoms with E-state index in [0.29, 0.717) is 32.1 Å². The lowest BCUT2D eigenvalue weighted by molar-refractivity contribution is -0.138. The molecule has 1 atom stereocenters. The normalized spacial score (nSPS) is 19.3. The first-order chi connectivity index (χ1) is 14.7. The number of piperazine rings is 1. The average Bonchev–Trinajstić information content (AvgIpc) is 2.79. The van der Waals surface area contributed by atoms with Gasteiger partial charge in [-0.15, -0.1) is 0 Å². The van der Waals surface area contributed by atoms with Gasteiger partial charge in [-0.05, 0) is 30.2 Å². The summed E-state index contributed by atoms with van der Waals surface area (Å²) in [6.07, 6.45) is 0.749. The van der Waals surface area contributed by atoms with Crippen molar-refractivity contribution in [3.8, 4) is 5.75 Å². The molecule has 3 aromatic rings. The second-order valence-corrected chi connectivity index (χ2v) is 7.96. The smallest absolute Gasteiger partial charge is 0.229 e. The maximum absolute atomic E-state index is 13.0. The number of aromatic nitrogens is 2. The highest BCUT2D eigenvalue weighted by molar-refractivity contribution is 5.87. The number of nitrogens with two attached hydrogens (primary N) is 1. The molecule has 154 valence electrons. The van der Waals surface area contributed by atoms with E-state index >= 15 is 0 Å². The number of para-hydroxylation sites is 2. The largest absolute Gasteiger partial charge is 0.492 e. The second-order valence-electron chi connectivity index (χ2n) is 7.96. The third-order valence-corrected chi connectivity index (χ3v) is 5.96. The van der Waals surface area contributed by atoms with Gasteiger partial charge in [-0.25, -0.2) is 9.97 Å². The zero-order valence-corrected chi connectivity index (χ0v) is 16.8. The number of nitrogen functional groups attached to an aromatic ring is 1. The molecule has 0 saturated carbocycles. The van der Waals surface area contributed by atoms with Crippen LogP contribution in [0.25, 0.3) is 10.9 Å². The van der Waals surface area contributed by atoms with E-state index in [1.807, 2.05) is 53.4 Å². The molecule has 0 radical (unpaired) electrons. The van der Waals surface area contributed by atoms with Gasteiger partial charge in [0.25, 0.3) is 0 Å². The Morgan fingerprint density at radius 2 is 1.80 bits per heavy atom. The number of hydrogen-bond donors (Lipinski definition) is 1. The number of carbonyl (C=O) groups excluding carboxylic acids is 1. The summed E-state index contributed by atoms with van der Waals surface area (Å²) in [4.78, 5) is 26.4. The van der Waals surface area contributed by atoms with E-state index in [-0.39, 0.29) is 11.8 Å². The Kier molecular flexibility index (Phi) is 4.96. The van der Waals surface area contributed by atoms with E-state index in [1.165, 1.54) is 0 Å². The zero-order valence-electron chi connectivity index (χ0n) is 16.8. The average molecular weight is 403 g/mol. The molecule has 1 amide bonds. The van der Waals surface area contributed by atoms with Crippen LogP contribution in [0.15, 0.2) is 48.5 Å². The number of fused-ring (bicyclic) bond motifs is 2. The van der Waals surface area contributed by atoms with Crippen molar-refractivity contribution < 1.29 is 9.53 Å². The molecule has 2 aliphatic heterocycles. The van der Waals surface area contributed by atoms with E-state index in [0.717, 1.165) is 47.6 Å². The summed E-state index contributed by atoms with van der Waals surface area (Å²) in [5.74, 6) is 2.23. The molecule has 0 bridgehead atoms. The number of anilines is 1. The summed E-state index contributed by atoms with van der Waals surface area (Å²) in [7, 11) is 0. The van der Waals surface area contributed by atoms with Crippen molar-refractivity contribution >= 4 is 22.6 Å². The number of nitrogens with zero attached hydrogens (tertiary/aromatic N) is 4. The van der Waals surface area contributed by atoms with Crippen molar-refractivity contribution in [1.82, 2.24) is 19.8 Å². The molecule has 30 heavy (non-hydrogen) atoms. The number of carbonyl (C=O) groups is 1. The number of benzene rings is 2. The fourth-order valence-corrected chi connectivity index (χ4v) is 4.29. The van der Waals surface area contributed by atoms with E-state index in [1.54, 1.807) is 0 Å². The summed E-state index contributed by atoms with van der Waals surface area (Å²) in [6, 6.07) is 15.8. The SMILES string of the molecule is Nc1nc(CN2CCN(C(=O)C3COc4ccccc4C3)CC2)nc2ccccc12. The minimum atomic E-state index is -0.102. The predicted molar refractivity (Wildman–Crippen MR) is 115 cm³/mol. The van der Waals surface area contributed by atoms with Crippen LogP contribution in [0.5, 0.6) is 5.75 Å². The summed E-state index contributed by atoms with van der Waals surface area (Å²) in [6.45, 7) is 4.11. The quantitative estimate of drug-likeness (QED) is 0.721. The Hall–Kier alpha value is -3.19. The highest BCUT2D eigenvalue weighted by Crippen LogP contribution is 2.28. The van der Waals surface area contributed by atoms with Crippen LogP contribution >= 0.6 is 0 Å². The Labute approximate surface area is 175 Å². The number of rotatable bonds is 3. The van der Waals surface area contributed by atoms with E-state index in [4.69, 9.17) is 10.5 Å². The third kappa shape index (κ3) is 3.68. The van der Waals surface area contributed by atoms with Crippen LogP contribution in [0.4, 0.5) is 5.82 Å². The van der Waals surface area contributed by atoms with Crippen molar-refractivity contribution in [2.24, 2.45) is 5.92 Å². The topological polar surface area (TPSA) is 84.6 Å². The van der Waals surface area contributed by atoms with E-state index in [9.17, 15) is 4.79 Å². The van der Waals surface area contributed by atoms with Crippen LogP contribution < -0.4 is 10.5 Å². The molecular formula is C23H25N5O2. The van der Waals surface area contributed by atoms with Gasteiger partial charge in [0.1, 0.15) is 24.0 Å². The van der Waals surface area contributed by atoms with Gasteiger partial charge in [-0.3, -0.25) is 9.69 Å². The highest BCUT2D eigenvalue weighted by Gasteiger charge is 2.31. The van der Waals surface area contributed by atoms with E-state index in [2.05, 4.69) is 14.9 Å². The summed E-state index contributed by atoms with van der Waals surface area (Å²) >= 11 is 0. The molecule has 3 heterocycles.